The summed E-state index contributed by atoms with van der Waals surface area (Å²) in [6.45, 7) is 4.41. The molecule has 1 fully saturated rings. The Balaban J connectivity index is 1.98. The lowest BCUT2D eigenvalue weighted by Crippen LogP contribution is -2.34. The van der Waals surface area contributed by atoms with Crippen LogP contribution in [0, 0.1) is 35.0 Å². The summed E-state index contributed by atoms with van der Waals surface area (Å²) in [5.74, 6) is -4.33. The van der Waals surface area contributed by atoms with Gasteiger partial charge in [0.05, 0.1) is 0 Å². The Morgan fingerprint density at radius 2 is 1.79 bits per heavy atom. The Morgan fingerprint density at radius 3 is 2.32 bits per heavy atom. The van der Waals surface area contributed by atoms with Crippen LogP contribution in [-0.2, 0) is 14.3 Å². The van der Waals surface area contributed by atoms with Gasteiger partial charge >= 0.3 is 18.1 Å². The largest absolute Gasteiger partial charge is 0.480 e. The van der Waals surface area contributed by atoms with Crippen LogP contribution in [0.1, 0.15) is 31.1 Å². The number of nitrogens with zero attached hydrogens (tertiary/aromatic N) is 1. The van der Waals surface area contributed by atoms with Crippen LogP contribution >= 0.6 is 11.6 Å². The number of benzene rings is 2. The van der Waals surface area contributed by atoms with Gasteiger partial charge in [-0.1, -0.05) is 80.1 Å². The number of hydrogen-bond donors (Lipinski definition) is 1. The molecular weight excluding hydrogens is 471 g/mol. The number of alkyl halides is 3. The van der Waals surface area contributed by atoms with E-state index in [9.17, 15) is 33.1 Å². The number of carboxylic acid groups (broad SMARTS) is 1. The number of carbonyl (C=O) groups excluding carboxylic acids is 1. The lowest BCUT2D eigenvalue weighted by atomic mass is 9.93. The van der Waals surface area contributed by atoms with Crippen molar-refractivity contribution in [3.05, 3.63) is 70.8 Å². The Morgan fingerprint density at radius 1 is 1.18 bits per heavy atom. The summed E-state index contributed by atoms with van der Waals surface area (Å²) in [4.78, 5) is 25.3. The molecule has 0 bridgehead atoms. The number of halogens is 4. The number of esters is 1. The van der Waals surface area contributed by atoms with Crippen molar-refractivity contribution in [2.75, 3.05) is 0 Å². The van der Waals surface area contributed by atoms with Gasteiger partial charge in [-0.2, -0.15) is 18.4 Å². The number of nitriles is 1. The molecule has 34 heavy (non-hydrogen) atoms. The number of rotatable bonds is 6. The molecule has 2 aromatic rings. The molecule has 178 valence electrons. The van der Waals surface area contributed by atoms with Gasteiger partial charge in [-0.25, -0.2) is 0 Å². The van der Waals surface area contributed by atoms with Gasteiger partial charge in [-0.05, 0) is 23.6 Å². The summed E-state index contributed by atoms with van der Waals surface area (Å²) in [5, 5.41) is 18.1. The Kier molecular flexibility index (Phi) is 6.55. The van der Waals surface area contributed by atoms with Crippen LogP contribution in [-0.4, -0.2) is 23.2 Å². The second-order valence-corrected chi connectivity index (χ2v) is 9.03. The molecule has 1 N–H and O–H groups in total. The standard InChI is InChI=1S/C25H21ClF3NO4/c1-14-16(15-8-5-4-6-9-15)10-7-11-17(14)18(13-30)34-22(33)24(21(31)32)19(23(24,2)3)12-20(26)25(27,28)29/h4-12,18-19H,1-3H3,(H,31,32). The fourth-order valence-corrected chi connectivity index (χ4v) is 4.62. The maximum atomic E-state index is 13.1. The monoisotopic (exact) mass is 491 g/mol. The zero-order valence-corrected chi connectivity index (χ0v) is 19.2. The Hall–Kier alpha value is -3.31. The van der Waals surface area contributed by atoms with Gasteiger partial charge in [-0.3, -0.25) is 9.59 Å². The first-order valence-electron chi connectivity index (χ1n) is 10.2. The summed E-state index contributed by atoms with van der Waals surface area (Å²) in [5.41, 5.74) is -1.12. The molecule has 1 aliphatic carbocycles. The molecule has 2 aromatic carbocycles. The van der Waals surface area contributed by atoms with Crippen LogP contribution < -0.4 is 0 Å². The maximum absolute atomic E-state index is 13.1. The van der Waals surface area contributed by atoms with Gasteiger partial charge in [-0.15, -0.1) is 0 Å². The fraction of sp³-hybridized carbons (Fsp3) is 0.320. The van der Waals surface area contributed by atoms with Crippen LogP contribution in [0.4, 0.5) is 13.2 Å². The highest BCUT2D eigenvalue weighted by molar-refractivity contribution is 6.30. The van der Waals surface area contributed by atoms with Crippen molar-refractivity contribution < 1.29 is 32.6 Å². The summed E-state index contributed by atoms with van der Waals surface area (Å²) in [7, 11) is 0. The van der Waals surface area contributed by atoms with Gasteiger partial charge in [0.1, 0.15) is 11.1 Å². The number of carboxylic acids is 1. The van der Waals surface area contributed by atoms with E-state index in [1.165, 1.54) is 13.8 Å². The molecule has 0 saturated heterocycles. The number of ether oxygens (including phenoxy) is 1. The van der Waals surface area contributed by atoms with Crippen molar-refractivity contribution in [3.63, 3.8) is 0 Å². The predicted octanol–water partition coefficient (Wildman–Crippen LogP) is 6.18. The molecule has 0 aliphatic heterocycles. The van der Waals surface area contributed by atoms with Crippen molar-refractivity contribution in [2.24, 2.45) is 16.7 Å². The van der Waals surface area contributed by atoms with E-state index in [0.29, 0.717) is 17.2 Å². The summed E-state index contributed by atoms with van der Waals surface area (Å²) in [6, 6.07) is 16.2. The molecule has 0 radical (unpaired) electrons. The third-order valence-corrected chi connectivity index (χ3v) is 6.85. The third kappa shape index (κ3) is 4.05. The topological polar surface area (TPSA) is 87.4 Å². The minimum Gasteiger partial charge on any atom is -0.480 e. The molecule has 5 nitrogen and oxygen atoms in total. The molecule has 3 atom stereocenters. The van der Waals surface area contributed by atoms with E-state index in [1.54, 1.807) is 19.1 Å². The van der Waals surface area contributed by atoms with E-state index in [2.05, 4.69) is 0 Å². The lowest BCUT2D eigenvalue weighted by molar-refractivity contribution is -0.165. The van der Waals surface area contributed by atoms with Crippen molar-refractivity contribution >= 4 is 23.5 Å². The highest BCUT2D eigenvalue weighted by Crippen LogP contribution is 2.71. The molecular formula is C25H21ClF3NO4. The maximum Gasteiger partial charge on any atom is 0.426 e. The van der Waals surface area contributed by atoms with Crippen LogP contribution in [0.2, 0.25) is 0 Å². The number of aliphatic carboxylic acids is 1. The van der Waals surface area contributed by atoms with E-state index in [1.807, 2.05) is 42.5 Å². The zero-order valence-electron chi connectivity index (χ0n) is 18.5. The Bertz CT molecular complexity index is 1200. The summed E-state index contributed by atoms with van der Waals surface area (Å²) < 4.78 is 44.2. The number of allylic oxidation sites excluding steroid dienone is 2. The fourth-order valence-electron chi connectivity index (χ4n) is 4.49. The van der Waals surface area contributed by atoms with Gasteiger partial charge in [0.2, 0.25) is 6.10 Å². The smallest absolute Gasteiger partial charge is 0.426 e. The van der Waals surface area contributed by atoms with Crippen LogP contribution in [0.25, 0.3) is 11.1 Å². The molecule has 1 saturated carbocycles. The van der Waals surface area contributed by atoms with Crippen molar-refractivity contribution in [3.8, 4) is 17.2 Å². The number of carbonyl (C=O) groups is 2. The van der Waals surface area contributed by atoms with Crippen molar-refractivity contribution in [2.45, 2.75) is 33.1 Å². The molecule has 0 spiro atoms. The van der Waals surface area contributed by atoms with Gasteiger partial charge in [0, 0.05) is 16.9 Å². The van der Waals surface area contributed by atoms with E-state index in [4.69, 9.17) is 16.3 Å². The molecule has 0 amide bonds. The zero-order chi connectivity index (χ0) is 25.5. The van der Waals surface area contributed by atoms with Crippen LogP contribution in [0.3, 0.4) is 0 Å². The van der Waals surface area contributed by atoms with E-state index in [-0.39, 0.29) is 0 Å². The normalized spacial score (nSPS) is 22.4. The first-order valence-corrected chi connectivity index (χ1v) is 10.6. The molecule has 3 rings (SSSR count). The minimum atomic E-state index is -4.89. The lowest BCUT2D eigenvalue weighted by Gasteiger charge is -2.20. The van der Waals surface area contributed by atoms with Crippen molar-refractivity contribution in [1.29, 1.82) is 5.26 Å². The predicted molar refractivity (Wildman–Crippen MR) is 118 cm³/mol. The molecule has 3 unspecified atom stereocenters. The van der Waals surface area contributed by atoms with Crippen LogP contribution in [0.5, 0.6) is 0 Å². The van der Waals surface area contributed by atoms with Gasteiger partial charge < -0.3 is 9.84 Å². The van der Waals surface area contributed by atoms with Crippen LogP contribution in [0.15, 0.2) is 59.6 Å². The summed E-state index contributed by atoms with van der Waals surface area (Å²) in [6.07, 6.45) is -5.83. The first-order chi connectivity index (χ1) is 15.8. The SMILES string of the molecule is Cc1c(-c2ccccc2)cccc1C(C#N)OC(=O)C1(C(=O)O)C(C=C(Cl)C(F)(F)F)C1(C)C. The average Bonchev–Trinajstić information content (AvgIpc) is 3.27. The van der Waals surface area contributed by atoms with E-state index in [0.717, 1.165) is 11.1 Å². The van der Waals surface area contributed by atoms with E-state index < -0.39 is 46.0 Å². The highest BCUT2D eigenvalue weighted by atomic mass is 35.5. The summed E-state index contributed by atoms with van der Waals surface area (Å²) >= 11 is 5.32. The molecule has 1 aliphatic rings. The second-order valence-electron chi connectivity index (χ2n) is 8.63. The molecule has 0 heterocycles. The average molecular weight is 492 g/mol. The van der Waals surface area contributed by atoms with E-state index >= 15 is 0 Å². The van der Waals surface area contributed by atoms with Crippen molar-refractivity contribution in [1.82, 2.24) is 0 Å². The highest BCUT2D eigenvalue weighted by Gasteiger charge is 2.81. The quantitative estimate of drug-likeness (QED) is 0.385. The van der Waals surface area contributed by atoms with Gasteiger partial charge in [0.15, 0.2) is 5.41 Å². The Labute approximate surface area is 199 Å². The minimum absolute atomic E-state index is 0.344. The van der Waals surface area contributed by atoms with Gasteiger partial charge in [0.25, 0.3) is 0 Å². The second kappa shape index (κ2) is 8.80. The molecule has 9 heteroatoms. The molecule has 0 aromatic heterocycles. The third-order valence-electron chi connectivity index (χ3n) is 6.51. The first kappa shape index (κ1) is 25.3. The number of hydrogen-bond acceptors (Lipinski definition) is 4.